The first kappa shape index (κ1) is 21.4. The number of halogens is 4. The third-order valence-corrected chi connectivity index (χ3v) is 5.21. The summed E-state index contributed by atoms with van der Waals surface area (Å²) in [6, 6.07) is 4.82. The van der Waals surface area contributed by atoms with Gasteiger partial charge >= 0.3 is 6.18 Å². The minimum atomic E-state index is -4.49. The topological polar surface area (TPSA) is 89.2 Å². The Balaban J connectivity index is 1.69. The quantitative estimate of drug-likeness (QED) is 0.451. The van der Waals surface area contributed by atoms with Crippen LogP contribution in [0.1, 0.15) is 24.1 Å². The molecule has 2 aromatic heterocycles. The summed E-state index contributed by atoms with van der Waals surface area (Å²) >= 11 is 6.05. The molecule has 1 aliphatic heterocycles. The monoisotopic (exact) mass is 452 g/mol. The molecule has 3 N–H and O–H groups in total. The number of nitrogens with one attached hydrogen (secondary N) is 1. The SMILES string of the molecule is CC(Nc1nc(Cl)nc2ncc(N3CCOCC3)cc12)c1cc(N)cc(C(F)(F)F)c1. The van der Waals surface area contributed by atoms with Gasteiger partial charge in [-0.25, -0.2) is 9.97 Å². The van der Waals surface area contributed by atoms with Crippen LogP contribution in [-0.4, -0.2) is 41.3 Å². The number of aromatic nitrogens is 3. The van der Waals surface area contributed by atoms with Crippen LogP contribution in [0.15, 0.2) is 30.5 Å². The average Bonchev–Trinajstić information content (AvgIpc) is 2.73. The lowest BCUT2D eigenvalue weighted by Crippen LogP contribution is -2.36. The summed E-state index contributed by atoms with van der Waals surface area (Å²) in [5, 5.41) is 3.73. The van der Waals surface area contributed by atoms with Gasteiger partial charge in [-0.1, -0.05) is 0 Å². The second-order valence-electron chi connectivity index (χ2n) is 7.26. The molecule has 1 fully saturated rings. The maximum absolute atomic E-state index is 13.2. The molecule has 0 radical (unpaired) electrons. The molecule has 3 heterocycles. The molecule has 0 bridgehead atoms. The largest absolute Gasteiger partial charge is 0.416 e. The number of ether oxygens (including phenoxy) is 1. The van der Waals surface area contributed by atoms with Crippen LogP contribution in [0.3, 0.4) is 0 Å². The Morgan fingerprint density at radius 3 is 2.61 bits per heavy atom. The summed E-state index contributed by atoms with van der Waals surface area (Å²) < 4.78 is 44.9. The standard InChI is InChI=1S/C20H20ClF3N6O/c1-11(12-6-13(20(22,23)24)8-14(25)7-12)27-18-16-9-15(30-2-4-31-5-3-30)10-26-17(16)28-19(21)29-18/h6-11H,2-5,25H2,1H3,(H,26,27,28,29). The number of hydrogen-bond acceptors (Lipinski definition) is 7. The number of hydrogen-bond donors (Lipinski definition) is 2. The molecule has 0 amide bonds. The maximum Gasteiger partial charge on any atom is 0.416 e. The zero-order valence-corrected chi connectivity index (χ0v) is 17.3. The highest BCUT2D eigenvalue weighted by molar-refractivity contribution is 6.28. The van der Waals surface area contributed by atoms with Crippen molar-refractivity contribution in [3.63, 3.8) is 0 Å². The number of benzene rings is 1. The van der Waals surface area contributed by atoms with E-state index in [1.807, 2.05) is 6.07 Å². The lowest BCUT2D eigenvalue weighted by Gasteiger charge is -2.28. The van der Waals surface area contributed by atoms with Gasteiger partial charge in [0.25, 0.3) is 0 Å². The van der Waals surface area contributed by atoms with E-state index in [9.17, 15) is 13.2 Å². The Labute approximate surface area is 181 Å². The summed E-state index contributed by atoms with van der Waals surface area (Å²) in [5.74, 6) is 0.376. The van der Waals surface area contributed by atoms with Crippen LogP contribution in [0, 0.1) is 0 Å². The number of alkyl halides is 3. The van der Waals surface area contributed by atoms with Gasteiger partial charge in [0.15, 0.2) is 5.65 Å². The fourth-order valence-electron chi connectivity index (χ4n) is 3.46. The van der Waals surface area contributed by atoms with Crippen LogP contribution in [0.25, 0.3) is 11.0 Å². The highest BCUT2D eigenvalue weighted by Crippen LogP contribution is 2.34. The molecule has 1 unspecified atom stereocenters. The Kier molecular flexibility index (Phi) is 5.76. The molecule has 7 nitrogen and oxygen atoms in total. The van der Waals surface area contributed by atoms with E-state index in [1.54, 1.807) is 13.1 Å². The molecular formula is C20H20ClF3N6O. The van der Waals surface area contributed by atoms with E-state index in [0.29, 0.717) is 35.6 Å². The number of anilines is 3. The van der Waals surface area contributed by atoms with E-state index in [4.69, 9.17) is 22.1 Å². The maximum atomic E-state index is 13.2. The van der Waals surface area contributed by atoms with Gasteiger partial charge in [-0.3, -0.25) is 0 Å². The predicted octanol–water partition coefficient (Wildman–Crippen LogP) is 4.29. The molecule has 4 rings (SSSR count). The van der Waals surface area contributed by atoms with Crippen LogP contribution >= 0.6 is 11.6 Å². The smallest absolute Gasteiger partial charge is 0.399 e. The molecule has 1 atom stereocenters. The van der Waals surface area contributed by atoms with Gasteiger partial charge in [-0.05, 0) is 48.4 Å². The first-order chi connectivity index (χ1) is 14.7. The molecule has 11 heteroatoms. The minimum Gasteiger partial charge on any atom is -0.399 e. The zero-order valence-electron chi connectivity index (χ0n) is 16.6. The third kappa shape index (κ3) is 4.75. The normalized spacial score (nSPS) is 15.8. The van der Waals surface area contributed by atoms with Gasteiger partial charge in [0.2, 0.25) is 5.28 Å². The number of morpholine rings is 1. The van der Waals surface area contributed by atoms with E-state index < -0.39 is 17.8 Å². The third-order valence-electron chi connectivity index (χ3n) is 5.04. The summed E-state index contributed by atoms with van der Waals surface area (Å²) in [5.41, 5.74) is 6.55. The highest BCUT2D eigenvalue weighted by atomic mass is 35.5. The molecule has 1 aliphatic rings. The molecule has 1 saturated heterocycles. The molecule has 1 aromatic carbocycles. The molecule has 0 spiro atoms. The second-order valence-corrected chi connectivity index (χ2v) is 7.60. The predicted molar refractivity (Wildman–Crippen MR) is 113 cm³/mol. The molecular weight excluding hydrogens is 433 g/mol. The number of rotatable bonds is 4. The summed E-state index contributed by atoms with van der Waals surface area (Å²) in [4.78, 5) is 14.9. The Morgan fingerprint density at radius 2 is 1.90 bits per heavy atom. The van der Waals surface area contributed by atoms with Crippen molar-refractivity contribution in [2.24, 2.45) is 0 Å². The van der Waals surface area contributed by atoms with Gasteiger partial charge in [-0.2, -0.15) is 18.2 Å². The van der Waals surface area contributed by atoms with Crippen molar-refractivity contribution in [2.75, 3.05) is 42.3 Å². The van der Waals surface area contributed by atoms with Crippen molar-refractivity contribution in [2.45, 2.75) is 19.1 Å². The van der Waals surface area contributed by atoms with Gasteiger partial charge < -0.3 is 20.7 Å². The Hall–Kier alpha value is -2.85. The molecule has 3 aromatic rings. The van der Waals surface area contributed by atoms with Crippen molar-refractivity contribution in [1.29, 1.82) is 0 Å². The first-order valence-electron chi connectivity index (χ1n) is 9.61. The number of nitrogen functional groups attached to an aromatic ring is 1. The van der Waals surface area contributed by atoms with Gasteiger partial charge in [-0.15, -0.1) is 0 Å². The number of pyridine rings is 1. The molecule has 0 saturated carbocycles. The van der Waals surface area contributed by atoms with Gasteiger partial charge in [0, 0.05) is 18.8 Å². The summed E-state index contributed by atoms with van der Waals surface area (Å²) in [7, 11) is 0. The van der Waals surface area contributed by atoms with Crippen LogP contribution in [0.2, 0.25) is 5.28 Å². The highest BCUT2D eigenvalue weighted by Gasteiger charge is 2.31. The van der Waals surface area contributed by atoms with Crippen LogP contribution in [0.4, 0.5) is 30.4 Å². The van der Waals surface area contributed by atoms with E-state index in [2.05, 4.69) is 25.2 Å². The van der Waals surface area contributed by atoms with E-state index in [-0.39, 0.29) is 11.0 Å². The van der Waals surface area contributed by atoms with E-state index in [0.717, 1.165) is 30.9 Å². The van der Waals surface area contributed by atoms with E-state index in [1.165, 1.54) is 6.07 Å². The van der Waals surface area contributed by atoms with Gasteiger partial charge in [0.05, 0.1) is 42.1 Å². The van der Waals surface area contributed by atoms with Crippen molar-refractivity contribution in [1.82, 2.24) is 15.0 Å². The Bertz CT molecular complexity index is 1100. The Morgan fingerprint density at radius 1 is 1.16 bits per heavy atom. The second kappa shape index (κ2) is 8.35. The number of nitrogens with two attached hydrogens (primary N) is 1. The van der Waals surface area contributed by atoms with Crippen molar-refractivity contribution < 1.29 is 17.9 Å². The van der Waals surface area contributed by atoms with Crippen molar-refractivity contribution in [3.05, 3.63) is 46.9 Å². The fraction of sp³-hybridized carbons (Fsp3) is 0.350. The van der Waals surface area contributed by atoms with Crippen molar-refractivity contribution >= 4 is 39.8 Å². The van der Waals surface area contributed by atoms with E-state index >= 15 is 0 Å². The van der Waals surface area contributed by atoms with Crippen LogP contribution < -0.4 is 16.0 Å². The summed E-state index contributed by atoms with van der Waals surface area (Å²) in [6.45, 7) is 4.41. The minimum absolute atomic E-state index is 0.0163. The number of nitrogens with zero attached hydrogens (tertiary/aromatic N) is 4. The lowest BCUT2D eigenvalue weighted by molar-refractivity contribution is -0.137. The fourth-order valence-corrected chi connectivity index (χ4v) is 3.62. The van der Waals surface area contributed by atoms with Crippen LogP contribution in [-0.2, 0) is 10.9 Å². The lowest BCUT2D eigenvalue weighted by atomic mass is 10.0. The number of fused-ring (bicyclic) bond motifs is 1. The van der Waals surface area contributed by atoms with Crippen LogP contribution in [0.5, 0.6) is 0 Å². The molecule has 31 heavy (non-hydrogen) atoms. The average molecular weight is 453 g/mol. The first-order valence-corrected chi connectivity index (χ1v) is 9.98. The zero-order chi connectivity index (χ0) is 22.2. The molecule has 164 valence electrons. The molecule has 0 aliphatic carbocycles. The van der Waals surface area contributed by atoms with Gasteiger partial charge in [0.1, 0.15) is 5.82 Å². The van der Waals surface area contributed by atoms with Crippen molar-refractivity contribution in [3.8, 4) is 0 Å². The summed E-state index contributed by atoms with van der Waals surface area (Å²) in [6.07, 6.45) is -2.79.